The van der Waals surface area contributed by atoms with Crippen LogP contribution < -0.4 is 15.2 Å². The van der Waals surface area contributed by atoms with E-state index in [1.54, 1.807) is 20.3 Å². The number of rotatable bonds is 5. The summed E-state index contributed by atoms with van der Waals surface area (Å²) in [6.45, 7) is 2.13. The highest BCUT2D eigenvalue weighted by atomic mass is 16.5. The van der Waals surface area contributed by atoms with Crippen LogP contribution in [0.1, 0.15) is 25.8 Å². The van der Waals surface area contributed by atoms with Crippen molar-refractivity contribution in [2.75, 3.05) is 20.0 Å². The van der Waals surface area contributed by atoms with Crippen LogP contribution >= 0.6 is 0 Å². The van der Waals surface area contributed by atoms with Gasteiger partial charge >= 0.3 is 0 Å². The molecule has 1 fully saturated rings. The number of aromatic nitrogens is 4. The molecular formula is C14H19N5O2. The van der Waals surface area contributed by atoms with Gasteiger partial charge in [-0.15, -0.1) is 5.10 Å². The van der Waals surface area contributed by atoms with Crippen molar-refractivity contribution in [3.63, 3.8) is 0 Å². The molecule has 0 saturated heterocycles. The minimum atomic E-state index is 0.256. The van der Waals surface area contributed by atoms with E-state index in [2.05, 4.69) is 22.4 Å². The van der Waals surface area contributed by atoms with Gasteiger partial charge in [0.15, 0.2) is 5.82 Å². The summed E-state index contributed by atoms with van der Waals surface area (Å²) in [5.41, 5.74) is 7.42. The van der Waals surface area contributed by atoms with Crippen LogP contribution in [0.3, 0.4) is 0 Å². The molecule has 0 bridgehead atoms. The van der Waals surface area contributed by atoms with Crippen molar-refractivity contribution in [3.8, 4) is 22.9 Å². The lowest BCUT2D eigenvalue weighted by molar-refractivity contribution is 0.395. The summed E-state index contributed by atoms with van der Waals surface area (Å²) in [5.74, 6) is 2.49. The van der Waals surface area contributed by atoms with Gasteiger partial charge in [0, 0.05) is 6.07 Å². The molecule has 0 radical (unpaired) electrons. The van der Waals surface area contributed by atoms with Crippen LogP contribution in [0.15, 0.2) is 12.1 Å². The maximum atomic E-state index is 6.18. The van der Waals surface area contributed by atoms with E-state index in [4.69, 9.17) is 15.2 Å². The molecule has 7 heteroatoms. The molecule has 112 valence electrons. The lowest BCUT2D eigenvalue weighted by Crippen LogP contribution is -2.11. The highest BCUT2D eigenvalue weighted by molar-refractivity contribution is 5.78. The smallest absolute Gasteiger partial charge is 0.184 e. The van der Waals surface area contributed by atoms with Gasteiger partial charge in [-0.2, -0.15) is 0 Å². The van der Waals surface area contributed by atoms with Gasteiger partial charge in [-0.1, -0.05) is 0 Å². The molecule has 0 spiro atoms. The average molecular weight is 289 g/mol. The average Bonchev–Trinajstić information content (AvgIpc) is 3.24. The summed E-state index contributed by atoms with van der Waals surface area (Å²) in [6.07, 6.45) is 2.44. The van der Waals surface area contributed by atoms with E-state index in [0.29, 0.717) is 28.9 Å². The van der Waals surface area contributed by atoms with E-state index in [1.807, 2.05) is 10.7 Å². The largest absolute Gasteiger partial charge is 0.497 e. The number of anilines is 1. The molecule has 2 N–H and O–H groups in total. The molecule has 2 aromatic rings. The molecule has 1 unspecified atom stereocenters. The standard InChI is InChI=1S/C14H19N5O2/c1-8(9-4-5-9)19-14(16-17-18-19)11-6-10(20-2)7-12(21-3)13(11)15/h6-9H,4-5,15H2,1-3H3. The Kier molecular flexibility index (Phi) is 3.40. The van der Waals surface area contributed by atoms with Crippen molar-refractivity contribution in [2.24, 2.45) is 5.92 Å². The van der Waals surface area contributed by atoms with Crippen LogP contribution in [0, 0.1) is 5.92 Å². The molecule has 7 nitrogen and oxygen atoms in total. The Morgan fingerprint density at radius 1 is 1.29 bits per heavy atom. The molecule has 3 rings (SSSR count). The van der Waals surface area contributed by atoms with Gasteiger partial charge in [-0.3, -0.25) is 0 Å². The number of methoxy groups -OCH3 is 2. The fourth-order valence-electron chi connectivity index (χ4n) is 2.50. The Morgan fingerprint density at radius 3 is 2.67 bits per heavy atom. The van der Waals surface area contributed by atoms with E-state index in [1.165, 1.54) is 12.8 Å². The number of nitrogens with two attached hydrogens (primary N) is 1. The molecule has 1 aliphatic rings. The molecule has 1 aromatic carbocycles. The number of benzene rings is 1. The first-order valence-corrected chi connectivity index (χ1v) is 6.95. The fourth-order valence-corrected chi connectivity index (χ4v) is 2.50. The Hall–Kier alpha value is -2.31. The lowest BCUT2D eigenvalue weighted by Gasteiger charge is -2.15. The van der Waals surface area contributed by atoms with Crippen molar-refractivity contribution in [3.05, 3.63) is 12.1 Å². The summed E-state index contributed by atoms with van der Waals surface area (Å²) in [5, 5.41) is 12.1. The molecule has 1 saturated carbocycles. The number of tetrazole rings is 1. The zero-order chi connectivity index (χ0) is 15.0. The monoisotopic (exact) mass is 289 g/mol. The van der Waals surface area contributed by atoms with Gasteiger partial charge in [0.2, 0.25) is 0 Å². The van der Waals surface area contributed by atoms with E-state index in [0.717, 1.165) is 5.56 Å². The highest BCUT2D eigenvalue weighted by Crippen LogP contribution is 2.42. The summed E-state index contributed by atoms with van der Waals surface area (Å²) < 4.78 is 12.4. The minimum absolute atomic E-state index is 0.256. The Bertz CT molecular complexity index is 651. The maximum Gasteiger partial charge on any atom is 0.184 e. The first kappa shape index (κ1) is 13.7. The second kappa shape index (κ2) is 5.23. The van der Waals surface area contributed by atoms with E-state index < -0.39 is 0 Å². The number of hydrogen-bond donors (Lipinski definition) is 1. The normalized spacial score (nSPS) is 15.8. The van der Waals surface area contributed by atoms with Gasteiger partial charge in [0.25, 0.3) is 0 Å². The predicted molar refractivity (Wildman–Crippen MR) is 78.2 cm³/mol. The molecule has 1 heterocycles. The van der Waals surface area contributed by atoms with E-state index >= 15 is 0 Å². The number of ether oxygens (including phenoxy) is 2. The number of nitrogen functional groups attached to an aromatic ring is 1. The summed E-state index contributed by atoms with van der Waals surface area (Å²) in [6, 6.07) is 3.84. The first-order valence-electron chi connectivity index (χ1n) is 6.95. The lowest BCUT2D eigenvalue weighted by atomic mass is 10.1. The predicted octanol–water partition coefficient (Wildman–Crippen LogP) is 1.91. The molecule has 0 aliphatic heterocycles. The van der Waals surface area contributed by atoms with Crippen molar-refractivity contribution in [1.82, 2.24) is 20.2 Å². The van der Waals surface area contributed by atoms with Crippen molar-refractivity contribution < 1.29 is 9.47 Å². The van der Waals surface area contributed by atoms with Crippen LogP contribution in [-0.2, 0) is 0 Å². The third kappa shape index (κ3) is 2.39. The zero-order valence-corrected chi connectivity index (χ0v) is 12.4. The van der Waals surface area contributed by atoms with Gasteiger partial charge in [0.05, 0.1) is 31.5 Å². The quantitative estimate of drug-likeness (QED) is 0.846. The summed E-state index contributed by atoms with van der Waals surface area (Å²) in [7, 11) is 3.18. The van der Waals surface area contributed by atoms with Crippen LogP contribution in [-0.4, -0.2) is 34.4 Å². The highest BCUT2D eigenvalue weighted by Gasteiger charge is 2.32. The second-order valence-electron chi connectivity index (χ2n) is 5.32. The summed E-state index contributed by atoms with van der Waals surface area (Å²) in [4.78, 5) is 0. The fraction of sp³-hybridized carbons (Fsp3) is 0.500. The second-order valence-corrected chi connectivity index (χ2v) is 5.32. The maximum absolute atomic E-state index is 6.18. The van der Waals surface area contributed by atoms with Crippen LogP contribution in [0.4, 0.5) is 5.69 Å². The van der Waals surface area contributed by atoms with Crippen LogP contribution in [0.5, 0.6) is 11.5 Å². The third-order valence-electron chi connectivity index (χ3n) is 3.99. The van der Waals surface area contributed by atoms with Gasteiger partial charge in [-0.25, -0.2) is 4.68 Å². The van der Waals surface area contributed by atoms with Crippen molar-refractivity contribution >= 4 is 5.69 Å². The molecule has 0 amide bonds. The SMILES string of the molecule is COc1cc(OC)c(N)c(-c2nnnn2C(C)C2CC2)c1. The Labute approximate surface area is 123 Å². The van der Waals surface area contributed by atoms with Crippen LogP contribution in [0.2, 0.25) is 0 Å². The van der Waals surface area contributed by atoms with Crippen molar-refractivity contribution in [1.29, 1.82) is 0 Å². The molecule has 1 aliphatic carbocycles. The Morgan fingerprint density at radius 2 is 2.05 bits per heavy atom. The molecule has 1 atom stereocenters. The van der Waals surface area contributed by atoms with Gasteiger partial charge in [0.1, 0.15) is 11.5 Å². The number of nitrogens with zero attached hydrogens (tertiary/aromatic N) is 4. The number of hydrogen-bond acceptors (Lipinski definition) is 6. The topological polar surface area (TPSA) is 88.1 Å². The Balaban J connectivity index is 2.10. The van der Waals surface area contributed by atoms with Gasteiger partial charge < -0.3 is 15.2 Å². The molecule has 1 aromatic heterocycles. The van der Waals surface area contributed by atoms with Crippen molar-refractivity contribution in [2.45, 2.75) is 25.8 Å². The first-order chi connectivity index (χ1) is 10.2. The minimum Gasteiger partial charge on any atom is -0.497 e. The van der Waals surface area contributed by atoms with E-state index in [9.17, 15) is 0 Å². The van der Waals surface area contributed by atoms with Gasteiger partial charge in [-0.05, 0) is 42.2 Å². The zero-order valence-electron chi connectivity index (χ0n) is 12.4. The van der Waals surface area contributed by atoms with Crippen LogP contribution in [0.25, 0.3) is 11.4 Å². The third-order valence-corrected chi connectivity index (χ3v) is 3.99. The van der Waals surface area contributed by atoms with E-state index in [-0.39, 0.29) is 6.04 Å². The summed E-state index contributed by atoms with van der Waals surface area (Å²) >= 11 is 0. The molecule has 21 heavy (non-hydrogen) atoms. The molecular weight excluding hydrogens is 270 g/mol.